The summed E-state index contributed by atoms with van der Waals surface area (Å²) in [6.45, 7) is 3.77. The van der Waals surface area contributed by atoms with E-state index in [1.165, 1.54) is 0 Å². The van der Waals surface area contributed by atoms with Crippen LogP contribution in [-0.4, -0.2) is 35.1 Å². The molecular formula is C36H32N2O4. The van der Waals surface area contributed by atoms with E-state index < -0.39 is 23.8 Å². The second-order valence-corrected chi connectivity index (χ2v) is 10.1. The van der Waals surface area contributed by atoms with E-state index >= 15 is 0 Å². The maximum absolute atomic E-state index is 13.9. The van der Waals surface area contributed by atoms with Gasteiger partial charge in [-0.05, 0) is 48.2 Å². The zero-order valence-electron chi connectivity index (χ0n) is 23.6. The minimum atomic E-state index is -1.26. The lowest BCUT2D eigenvalue weighted by molar-refractivity contribution is -0.162. The molecule has 0 amide bonds. The third-order valence-electron chi connectivity index (χ3n) is 7.65. The van der Waals surface area contributed by atoms with Crippen molar-refractivity contribution in [2.75, 3.05) is 13.2 Å². The average molecular weight is 557 g/mol. The van der Waals surface area contributed by atoms with Crippen molar-refractivity contribution in [3.8, 4) is 22.5 Å². The van der Waals surface area contributed by atoms with Gasteiger partial charge in [0.2, 0.25) is 0 Å². The molecule has 6 nitrogen and oxygen atoms in total. The van der Waals surface area contributed by atoms with Gasteiger partial charge >= 0.3 is 11.9 Å². The summed E-state index contributed by atoms with van der Waals surface area (Å²) in [5.41, 5.74) is 7.06. The molecule has 42 heavy (non-hydrogen) atoms. The Hall–Kier alpha value is -5.10. The van der Waals surface area contributed by atoms with Gasteiger partial charge in [0, 0.05) is 27.7 Å². The molecule has 0 bridgehead atoms. The highest BCUT2D eigenvalue weighted by molar-refractivity contribution is 6.03. The first-order valence-corrected chi connectivity index (χ1v) is 14.3. The number of hydrogen-bond acceptors (Lipinski definition) is 4. The third kappa shape index (κ3) is 4.85. The number of ether oxygens (including phenoxy) is 2. The molecule has 0 spiro atoms. The van der Waals surface area contributed by atoms with Crippen molar-refractivity contribution in [2.45, 2.75) is 19.8 Å². The molecule has 210 valence electrons. The van der Waals surface area contributed by atoms with Crippen molar-refractivity contribution in [1.29, 1.82) is 0 Å². The smallest absolute Gasteiger partial charge is 0.321 e. The summed E-state index contributed by atoms with van der Waals surface area (Å²) >= 11 is 0. The summed E-state index contributed by atoms with van der Waals surface area (Å²) in [6.07, 6.45) is 0. The maximum Gasteiger partial charge on any atom is 0.321 e. The highest BCUT2D eigenvalue weighted by Crippen LogP contribution is 2.48. The van der Waals surface area contributed by atoms with Crippen LogP contribution in [0.25, 0.3) is 44.3 Å². The van der Waals surface area contributed by atoms with Gasteiger partial charge in [-0.15, -0.1) is 0 Å². The molecule has 0 aliphatic heterocycles. The molecule has 0 unspecified atom stereocenters. The van der Waals surface area contributed by atoms with Gasteiger partial charge in [0.05, 0.1) is 24.6 Å². The average Bonchev–Trinajstić information content (AvgIpc) is 3.60. The van der Waals surface area contributed by atoms with Gasteiger partial charge in [0.25, 0.3) is 0 Å². The summed E-state index contributed by atoms with van der Waals surface area (Å²) in [4.78, 5) is 35.1. The van der Waals surface area contributed by atoms with Crippen LogP contribution in [0.4, 0.5) is 0 Å². The summed E-state index contributed by atoms with van der Waals surface area (Å²) in [6, 6.07) is 36.0. The maximum atomic E-state index is 13.9. The Morgan fingerprint density at radius 2 is 0.952 bits per heavy atom. The number of carbonyl (C=O) groups is 2. The van der Waals surface area contributed by atoms with Gasteiger partial charge in [-0.25, -0.2) is 0 Å². The van der Waals surface area contributed by atoms with Gasteiger partial charge in [-0.3, -0.25) is 9.59 Å². The molecule has 6 rings (SSSR count). The summed E-state index contributed by atoms with van der Waals surface area (Å²) in [7, 11) is 0. The number of H-pyrrole nitrogens is 2. The predicted octanol–water partition coefficient (Wildman–Crippen LogP) is 7.86. The Balaban J connectivity index is 1.76. The van der Waals surface area contributed by atoms with Crippen molar-refractivity contribution in [2.24, 2.45) is 5.92 Å². The largest absolute Gasteiger partial charge is 0.465 e. The number of nitrogens with one attached hydrogen (secondary N) is 2. The second kappa shape index (κ2) is 11.8. The lowest BCUT2D eigenvalue weighted by atomic mass is 9.76. The standard InChI is InChI=1S/C36H32N2O4/c1-3-41-35(39)32(36(40)42-4-2)31(29-25-19-11-13-21-27(25)37-33(29)23-15-7-5-8-16-23)30-26-20-12-14-22-28(26)38-34(30)24-17-9-6-10-18-24/h5-22,31-32,37-38H,3-4H2,1-2H3. The molecule has 0 aliphatic rings. The Bertz CT molecular complexity index is 1720. The van der Waals surface area contributed by atoms with Crippen LogP contribution in [-0.2, 0) is 19.1 Å². The quantitative estimate of drug-likeness (QED) is 0.140. The fourth-order valence-electron chi connectivity index (χ4n) is 5.95. The number of fused-ring (bicyclic) bond motifs is 2. The van der Waals surface area contributed by atoms with Gasteiger partial charge in [0.15, 0.2) is 5.92 Å². The number of aromatic nitrogens is 2. The van der Waals surface area contributed by atoms with Gasteiger partial charge < -0.3 is 19.4 Å². The van der Waals surface area contributed by atoms with E-state index in [4.69, 9.17) is 9.47 Å². The van der Waals surface area contributed by atoms with Crippen molar-refractivity contribution in [1.82, 2.24) is 9.97 Å². The third-order valence-corrected chi connectivity index (χ3v) is 7.65. The first kappa shape index (κ1) is 27.1. The van der Waals surface area contributed by atoms with Crippen LogP contribution >= 0.6 is 0 Å². The van der Waals surface area contributed by atoms with E-state index in [0.29, 0.717) is 0 Å². The summed E-state index contributed by atoms with van der Waals surface area (Å²) in [5.74, 6) is -3.24. The molecule has 6 aromatic rings. The lowest BCUT2D eigenvalue weighted by Gasteiger charge is -2.27. The van der Waals surface area contributed by atoms with Crippen LogP contribution in [0.2, 0.25) is 0 Å². The molecule has 0 saturated carbocycles. The number of rotatable bonds is 9. The Morgan fingerprint density at radius 1 is 0.571 bits per heavy atom. The molecule has 6 heteroatoms. The first-order valence-electron chi connectivity index (χ1n) is 14.3. The topological polar surface area (TPSA) is 84.2 Å². The minimum Gasteiger partial charge on any atom is -0.465 e. The molecule has 0 saturated heterocycles. The van der Waals surface area contributed by atoms with Crippen molar-refractivity contribution in [3.63, 3.8) is 0 Å². The number of esters is 2. The van der Waals surface area contributed by atoms with E-state index in [1.54, 1.807) is 13.8 Å². The second-order valence-electron chi connectivity index (χ2n) is 10.1. The molecule has 0 radical (unpaired) electrons. The zero-order valence-corrected chi connectivity index (χ0v) is 23.6. The van der Waals surface area contributed by atoms with Crippen LogP contribution in [0.15, 0.2) is 109 Å². The van der Waals surface area contributed by atoms with Crippen molar-refractivity contribution in [3.05, 3.63) is 120 Å². The molecular weight excluding hydrogens is 524 g/mol. The fraction of sp³-hybridized carbons (Fsp3) is 0.167. The van der Waals surface area contributed by atoms with E-state index in [9.17, 15) is 9.59 Å². The highest BCUT2D eigenvalue weighted by Gasteiger charge is 2.44. The van der Waals surface area contributed by atoms with Crippen LogP contribution < -0.4 is 0 Å². The molecule has 2 heterocycles. The number of benzene rings is 4. The van der Waals surface area contributed by atoms with Gasteiger partial charge in [-0.2, -0.15) is 0 Å². The first-order chi connectivity index (χ1) is 20.6. The molecule has 0 fully saturated rings. The number of hydrogen-bond donors (Lipinski definition) is 2. The van der Waals surface area contributed by atoms with Crippen molar-refractivity contribution >= 4 is 33.7 Å². The fourth-order valence-corrected chi connectivity index (χ4v) is 5.95. The van der Waals surface area contributed by atoms with Gasteiger partial charge in [0.1, 0.15) is 0 Å². The Labute approximate surface area is 244 Å². The molecule has 0 atom stereocenters. The SMILES string of the molecule is CCOC(=O)C(C(=O)OCC)C(c1c(-c2ccccc2)[nH]c2ccccc12)c1c(-c2ccccc2)[nH]c2ccccc12. The van der Waals surface area contributed by atoms with E-state index in [1.807, 2.05) is 109 Å². The summed E-state index contributed by atoms with van der Waals surface area (Å²) in [5, 5.41) is 1.84. The van der Waals surface area contributed by atoms with E-state index in [0.717, 1.165) is 55.4 Å². The summed E-state index contributed by atoms with van der Waals surface area (Å²) < 4.78 is 11.2. The van der Waals surface area contributed by atoms with Crippen LogP contribution in [0.1, 0.15) is 30.9 Å². The van der Waals surface area contributed by atoms with E-state index in [-0.39, 0.29) is 13.2 Å². The van der Waals surface area contributed by atoms with Crippen LogP contribution in [0.5, 0.6) is 0 Å². The number of aromatic amines is 2. The van der Waals surface area contributed by atoms with Crippen LogP contribution in [0.3, 0.4) is 0 Å². The van der Waals surface area contributed by atoms with Gasteiger partial charge in [-0.1, -0.05) is 97.1 Å². The minimum absolute atomic E-state index is 0.139. The molecule has 2 aromatic heterocycles. The molecule has 2 N–H and O–H groups in total. The molecule has 4 aromatic carbocycles. The molecule has 0 aliphatic carbocycles. The number of para-hydroxylation sites is 2. The zero-order chi connectivity index (χ0) is 29.1. The predicted molar refractivity (Wildman–Crippen MR) is 166 cm³/mol. The number of carbonyl (C=O) groups excluding carboxylic acids is 2. The Morgan fingerprint density at radius 3 is 1.36 bits per heavy atom. The Kier molecular flexibility index (Phi) is 7.60. The normalized spacial score (nSPS) is 11.4. The monoisotopic (exact) mass is 556 g/mol. The van der Waals surface area contributed by atoms with E-state index in [2.05, 4.69) is 9.97 Å². The lowest BCUT2D eigenvalue weighted by Crippen LogP contribution is -2.34. The highest BCUT2D eigenvalue weighted by atomic mass is 16.6. The van der Waals surface area contributed by atoms with Crippen LogP contribution in [0, 0.1) is 5.92 Å². The van der Waals surface area contributed by atoms with Crippen molar-refractivity contribution < 1.29 is 19.1 Å².